The van der Waals surface area contributed by atoms with Crippen LogP contribution >= 0.6 is 0 Å². The number of aromatic nitrogens is 2. The van der Waals surface area contributed by atoms with Crippen molar-refractivity contribution in [3.63, 3.8) is 0 Å². The van der Waals surface area contributed by atoms with E-state index >= 15 is 0 Å². The average Bonchev–Trinajstić information content (AvgIpc) is 2.71. The van der Waals surface area contributed by atoms with Crippen molar-refractivity contribution in [2.24, 2.45) is 0 Å². The second kappa shape index (κ2) is 5.85. The van der Waals surface area contributed by atoms with Crippen molar-refractivity contribution >= 4 is 11.7 Å². The second-order valence-electron chi connectivity index (χ2n) is 7.04. The number of aryl methyl sites for hydroxylation is 1. The summed E-state index contributed by atoms with van der Waals surface area (Å²) >= 11 is 0. The van der Waals surface area contributed by atoms with Gasteiger partial charge in [-0.1, -0.05) is 6.07 Å². The van der Waals surface area contributed by atoms with Gasteiger partial charge in [0.25, 0.3) is 0 Å². The van der Waals surface area contributed by atoms with Gasteiger partial charge in [0.2, 0.25) is 0 Å². The number of imidazole rings is 1. The van der Waals surface area contributed by atoms with Gasteiger partial charge in [0, 0.05) is 31.9 Å². The van der Waals surface area contributed by atoms with E-state index in [0.29, 0.717) is 19.1 Å². The zero-order valence-electron chi connectivity index (χ0n) is 14.2. The molecule has 6 heteroatoms. The molecule has 23 heavy (non-hydrogen) atoms. The highest BCUT2D eigenvalue weighted by Gasteiger charge is 2.33. The third-order valence-corrected chi connectivity index (χ3v) is 3.92. The number of hydrogen-bond acceptors (Lipinski definition) is 4. The first kappa shape index (κ1) is 15.8. The molecule has 124 valence electrons. The molecular weight excluding hydrogens is 292 g/mol. The summed E-state index contributed by atoms with van der Waals surface area (Å²) in [6, 6.07) is 6.30. The smallest absolute Gasteiger partial charge is 0.410 e. The predicted molar refractivity (Wildman–Crippen MR) is 88.4 cm³/mol. The summed E-state index contributed by atoms with van der Waals surface area (Å²) in [5, 5.41) is 3.49. The van der Waals surface area contributed by atoms with E-state index in [9.17, 15) is 4.79 Å². The molecule has 1 amide bonds. The third kappa shape index (κ3) is 3.47. The molecule has 0 bridgehead atoms. The Morgan fingerprint density at radius 2 is 2.13 bits per heavy atom. The summed E-state index contributed by atoms with van der Waals surface area (Å²) in [6.07, 6.45) is 1.79. The largest absolute Gasteiger partial charge is 0.444 e. The summed E-state index contributed by atoms with van der Waals surface area (Å²) in [6.45, 7) is 9.78. The molecule has 1 N–H and O–H groups in total. The van der Waals surface area contributed by atoms with Crippen LogP contribution in [-0.2, 0) is 11.3 Å². The van der Waals surface area contributed by atoms with Crippen molar-refractivity contribution in [3.8, 4) is 0 Å². The maximum atomic E-state index is 11.9. The number of ether oxygens (including phenoxy) is 1. The van der Waals surface area contributed by atoms with Crippen LogP contribution in [0.1, 0.15) is 32.2 Å². The zero-order chi connectivity index (χ0) is 16.6. The third-order valence-electron chi connectivity index (χ3n) is 3.92. The molecule has 1 aliphatic rings. The molecule has 0 radical (unpaired) electrons. The molecule has 3 heterocycles. The molecular formula is C17H24N4O2. The number of likely N-dealkylation sites (tertiary alicyclic amines) is 1. The van der Waals surface area contributed by atoms with Gasteiger partial charge < -0.3 is 19.4 Å². The maximum Gasteiger partial charge on any atom is 0.410 e. The number of nitrogens with one attached hydrogen (secondary N) is 1. The standard InChI is InChI=1S/C17H24N4O2/c1-12-14(21-8-6-5-7-15(21)19-12)9-18-13-10-20(11-13)16(22)23-17(2,3)4/h5-8,13,18H,9-11H2,1-4H3. The first-order chi connectivity index (χ1) is 10.8. The Morgan fingerprint density at radius 1 is 1.39 bits per heavy atom. The first-order valence-electron chi connectivity index (χ1n) is 7.97. The fraction of sp³-hybridized carbons (Fsp3) is 0.529. The molecule has 0 aromatic carbocycles. The average molecular weight is 316 g/mol. The van der Waals surface area contributed by atoms with E-state index in [2.05, 4.69) is 14.7 Å². The van der Waals surface area contributed by atoms with Crippen LogP contribution in [0.15, 0.2) is 24.4 Å². The minimum atomic E-state index is -0.441. The number of rotatable bonds is 3. The zero-order valence-corrected chi connectivity index (χ0v) is 14.2. The lowest BCUT2D eigenvalue weighted by Gasteiger charge is -2.40. The van der Waals surface area contributed by atoms with E-state index < -0.39 is 5.60 Å². The van der Waals surface area contributed by atoms with Crippen LogP contribution in [0.2, 0.25) is 0 Å². The highest BCUT2D eigenvalue weighted by Crippen LogP contribution is 2.16. The number of carbonyl (C=O) groups excluding carboxylic acids is 1. The van der Waals surface area contributed by atoms with E-state index in [1.807, 2.05) is 52.1 Å². The van der Waals surface area contributed by atoms with Crippen molar-refractivity contribution in [2.75, 3.05) is 13.1 Å². The molecule has 1 saturated heterocycles. The van der Waals surface area contributed by atoms with Crippen LogP contribution < -0.4 is 5.32 Å². The van der Waals surface area contributed by atoms with Crippen LogP contribution in [-0.4, -0.2) is 45.1 Å². The van der Waals surface area contributed by atoms with Gasteiger partial charge in [-0.05, 0) is 39.8 Å². The van der Waals surface area contributed by atoms with Gasteiger partial charge in [-0.25, -0.2) is 9.78 Å². The van der Waals surface area contributed by atoms with Crippen molar-refractivity contribution in [1.29, 1.82) is 0 Å². The van der Waals surface area contributed by atoms with Crippen LogP contribution in [0.5, 0.6) is 0 Å². The van der Waals surface area contributed by atoms with Gasteiger partial charge in [-0.3, -0.25) is 0 Å². The number of nitrogens with zero attached hydrogens (tertiary/aromatic N) is 3. The summed E-state index contributed by atoms with van der Waals surface area (Å²) in [4.78, 5) is 18.2. The maximum absolute atomic E-state index is 11.9. The lowest BCUT2D eigenvalue weighted by molar-refractivity contribution is 0.00514. The van der Waals surface area contributed by atoms with E-state index in [1.54, 1.807) is 4.90 Å². The van der Waals surface area contributed by atoms with Gasteiger partial charge in [-0.15, -0.1) is 0 Å². The molecule has 0 spiro atoms. The number of pyridine rings is 1. The fourth-order valence-corrected chi connectivity index (χ4v) is 2.70. The number of fused-ring (bicyclic) bond motifs is 1. The normalized spacial score (nSPS) is 15.7. The number of amides is 1. The molecule has 3 rings (SSSR count). The van der Waals surface area contributed by atoms with Crippen LogP contribution in [0.3, 0.4) is 0 Å². The van der Waals surface area contributed by atoms with Crippen molar-refractivity contribution in [1.82, 2.24) is 19.6 Å². The van der Waals surface area contributed by atoms with Gasteiger partial charge in [0.1, 0.15) is 11.2 Å². The molecule has 1 aliphatic heterocycles. The van der Waals surface area contributed by atoms with Crippen LogP contribution in [0.4, 0.5) is 4.79 Å². The second-order valence-corrected chi connectivity index (χ2v) is 7.04. The molecule has 0 atom stereocenters. The predicted octanol–water partition coefficient (Wildman–Crippen LogP) is 2.35. The quantitative estimate of drug-likeness (QED) is 0.944. The lowest BCUT2D eigenvalue weighted by atomic mass is 10.1. The summed E-state index contributed by atoms with van der Waals surface area (Å²) in [7, 11) is 0. The highest BCUT2D eigenvalue weighted by molar-refractivity contribution is 5.69. The molecule has 0 aliphatic carbocycles. The fourth-order valence-electron chi connectivity index (χ4n) is 2.70. The minimum Gasteiger partial charge on any atom is -0.444 e. The van der Waals surface area contributed by atoms with Crippen LogP contribution in [0.25, 0.3) is 5.65 Å². The van der Waals surface area contributed by atoms with E-state index in [1.165, 1.54) is 0 Å². The molecule has 6 nitrogen and oxygen atoms in total. The Kier molecular flexibility index (Phi) is 4.02. The van der Waals surface area contributed by atoms with E-state index in [4.69, 9.17) is 4.74 Å². The summed E-state index contributed by atoms with van der Waals surface area (Å²) < 4.78 is 7.47. The Morgan fingerprint density at radius 3 is 2.83 bits per heavy atom. The van der Waals surface area contributed by atoms with E-state index in [-0.39, 0.29) is 6.09 Å². The molecule has 1 fully saturated rings. The van der Waals surface area contributed by atoms with Crippen molar-refractivity contribution in [2.45, 2.75) is 45.9 Å². The minimum absolute atomic E-state index is 0.235. The van der Waals surface area contributed by atoms with Crippen molar-refractivity contribution < 1.29 is 9.53 Å². The Balaban J connectivity index is 1.53. The Bertz CT molecular complexity index is 711. The van der Waals surface area contributed by atoms with Crippen molar-refractivity contribution in [3.05, 3.63) is 35.8 Å². The highest BCUT2D eigenvalue weighted by atomic mass is 16.6. The molecule has 0 saturated carbocycles. The molecule has 2 aromatic rings. The topological polar surface area (TPSA) is 58.9 Å². The van der Waals surface area contributed by atoms with Gasteiger partial charge >= 0.3 is 6.09 Å². The molecule has 2 aromatic heterocycles. The number of carbonyl (C=O) groups is 1. The van der Waals surface area contributed by atoms with E-state index in [0.717, 1.165) is 23.6 Å². The summed E-state index contributed by atoms with van der Waals surface area (Å²) in [5.41, 5.74) is 2.72. The summed E-state index contributed by atoms with van der Waals surface area (Å²) in [5.74, 6) is 0. The van der Waals surface area contributed by atoms with Gasteiger partial charge in [-0.2, -0.15) is 0 Å². The van der Waals surface area contributed by atoms with Crippen LogP contribution in [0, 0.1) is 6.92 Å². The van der Waals surface area contributed by atoms with Gasteiger partial charge in [0.15, 0.2) is 0 Å². The van der Waals surface area contributed by atoms with Gasteiger partial charge in [0.05, 0.1) is 11.4 Å². The number of hydrogen-bond donors (Lipinski definition) is 1. The Hall–Kier alpha value is -2.08. The monoisotopic (exact) mass is 316 g/mol. The first-order valence-corrected chi connectivity index (χ1v) is 7.97. The molecule has 0 unspecified atom stereocenters. The Labute approximate surface area is 136 Å². The lowest BCUT2D eigenvalue weighted by Crippen LogP contribution is -2.60. The SMILES string of the molecule is Cc1nc2ccccn2c1CNC1CN(C(=O)OC(C)(C)C)C1.